The normalized spacial score (nSPS) is 13.8. The Morgan fingerprint density at radius 1 is 1.27 bits per heavy atom. The second kappa shape index (κ2) is 11.1. The number of nitrogens with zero attached hydrogens (tertiary/aromatic N) is 3. The summed E-state index contributed by atoms with van der Waals surface area (Å²) in [7, 11) is 1.75. The van der Waals surface area contributed by atoms with Crippen LogP contribution < -0.4 is 10.1 Å². The van der Waals surface area contributed by atoms with Crippen molar-refractivity contribution in [2.24, 2.45) is 5.92 Å². The second-order valence-corrected chi connectivity index (χ2v) is 8.03. The number of ether oxygens (including phenoxy) is 1. The number of hydrogen-bond donors (Lipinski definition) is 1. The number of carbonyl (C=O) groups is 2. The smallest absolute Gasteiger partial charge is 0.392 e. The quantitative estimate of drug-likeness (QED) is 0.595. The lowest BCUT2D eigenvalue weighted by Crippen LogP contribution is -2.27. The predicted octanol–water partition coefficient (Wildman–Crippen LogP) is 4.72. The van der Waals surface area contributed by atoms with Crippen LogP contribution in [0.4, 0.5) is 19.0 Å². The maximum absolute atomic E-state index is 12.8. The molecule has 1 unspecified atom stereocenters. The van der Waals surface area contributed by atoms with Crippen LogP contribution in [0.1, 0.15) is 60.3 Å². The number of halogens is 3. The van der Waals surface area contributed by atoms with E-state index in [1.807, 2.05) is 20.8 Å². The van der Waals surface area contributed by atoms with Crippen molar-refractivity contribution in [3.63, 3.8) is 0 Å². The Morgan fingerprint density at radius 2 is 1.94 bits per heavy atom. The molecule has 1 amide bonds. The van der Waals surface area contributed by atoms with Crippen LogP contribution in [0.5, 0.6) is 5.88 Å². The third kappa shape index (κ3) is 6.90. The topological polar surface area (TPSA) is 84.4 Å². The van der Waals surface area contributed by atoms with E-state index in [4.69, 9.17) is 4.74 Å². The highest BCUT2D eigenvalue weighted by Gasteiger charge is 2.33. The molecule has 0 aliphatic carbocycles. The minimum absolute atomic E-state index is 0.0930. The third-order valence-corrected chi connectivity index (χ3v) is 5.01. The van der Waals surface area contributed by atoms with Crippen LogP contribution in [0.2, 0.25) is 0 Å². The van der Waals surface area contributed by atoms with Gasteiger partial charge in [-0.15, -0.1) is 0 Å². The molecule has 10 heteroatoms. The van der Waals surface area contributed by atoms with E-state index < -0.39 is 19.2 Å². The van der Waals surface area contributed by atoms with Crippen molar-refractivity contribution in [3.05, 3.63) is 46.8 Å². The van der Waals surface area contributed by atoms with E-state index in [1.165, 1.54) is 6.20 Å². The van der Waals surface area contributed by atoms with E-state index in [1.54, 1.807) is 37.2 Å². The standard InChI is InChI=1S/C19H21F3N4O2.C4H8O/c1-11-8-13(9-25-17(11)28-7-5-19(20,21)22)12(2)26-10-15-14(18(26)27)4-6-24-16(15)23-3;1-4(2)3-5/h4,6,8-9,12H,5,7,10H2,1-3H3,(H,23,24);3-4H,1-2H3. The first-order chi connectivity index (χ1) is 15.5. The molecule has 1 aliphatic heterocycles. The molecule has 0 aromatic carbocycles. The van der Waals surface area contributed by atoms with Crippen molar-refractivity contribution in [2.45, 2.75) is 52.9 Å². The van der Waals surface area contributed by atoms with Gasteiger partial charge >= 0.3 is 6.18 Å². The second-order valence-electron chi connectivity index (χ2n) is 8.03. The van der Waals surface area contributed by atoms with E-state index in [9.17, 15) is 22.8 Å². The van der Waals surface area contributed by atoms with Gasteiger partial charge in [0.25, 0.3) is 5.91 Å². The number of aryl methyl sites for hydroxylation is 1. The van der Waals surface area contributed by atoms with E-state index in [0.29, 0.717) is 23.5 Å². The van der Waals surface area contributed by atoms with Gasteiger partial charge < -0.3 is 19.7 Å². The van der Waals surface area contributed by atoms with Crippen LogP contribution in [0, 0.1) is 12.8 Å². The van der Waals surface area contributed by atoms with Gasteiger partial charge in [-0.1, -0.05) is 13.8 Å². The fourth-order valence-electron chi connectivity index (χ4n) is 3.18. The minimum Gasteiger partial charge on any atom is -0.477 e. The van der Waals surface area contributed by atoms with Crippen molar-refractivity contribution in [1.29, 1.82) is 0 Å². The van der Waals surface area contributed by atoms with Gasteiger partial charge in [-0.05, 0) is 31.5 Å². The molecule has 7 nitrogen and oxygen atoms in total. The maximum Gasteiger partial charge on any atom is 0.392 e. The van der Waals surface area contributed by atoms with E-state index in [-0.39, 0.29) is 23.7 Å². The number of amides is 1. The summed E-state index contributed by atoms with van der Waals surface area (Å²) in [6, 6.07) is 3.22. The molecule has 0 saturated carbocycles. The molecule has 3 rings (SSSR count). The first-order valence-electron chi connectivity index (χ1n) is 10.6. The number of nitrogens with one attached hydrogen (secondary N) is 1. The molecular weight excluding hydrogens is 437 g/mol. The molecule has 0 radical (unpaired) electrons. The zero-order chi connectivity index (χ0) is 24.8. The van der Waals surface area contributed by atoms with Crippen LogP contribution >= 0.6 is 0 Å². The summed E-state index contributed by atoms with van der Waals surface area (Å²) in [6.45, 7) is 7.25. The molecular formula is C23H29F3N4O3. The van der Waals surface area contributed by atoms with Gasteiger partial charge in [0, 0.05) is 42.0 Å². The Balaban J connectivity index is 0.000000696. The number of alkyl halides is 3. The Hall–Kier alpha value is -3.17. The highest BCUT2D eigenvalue weighted by atomic mass is 19.4. The Kier molecular flexibility index (Phi) is 8.78. The number of anilines is 1. The number of pyridine rings is 2. The van der Waals surface area contributed by atoms with Crippen molar-refractivity contribution in [2.75, 3.05) is 19.0 Å². The first kappa shape index (κ1) is 26.1. The number of aldehydes is 1. The van der Waals surface area contributed by atoms with Crippen molar-refractivity contribution >= 4 is 18.0 Å². The third-order valence-electron chi connectivity index (χ3n) is 5.01. The van der Waals surface area contributed by atoms with Crippen LogP contribution in [0.15, 0.2) is 24.5 Å². The fraction of sp³-hybridized carbons (Fsp3) is 0.478. The number of hydrogen-bond acceptors (Lipinski definition) is 6. The van der Waals surface area contributed by atoms with Crippen molar-refractivity contribution in [3.8, 4) is 5.88 Å². The van der Waals surface area contributed by atoms with Crippen LogP contribution in [-0.4, -0.2) is 46.9 Å². The fourth-order valence-corrected chi connectivity index (χ4v) is 3.18. The average molecular weight is 467 g/mol. The maximum atomic E-state index is 12.8. The van der Waals surface area contributed by atoms with Crippen LogP contribution in [-0.2, 0) is 11.3 Å². The Morgan fingerprint density at radius 3 is 2.48 bits per heavy atom. The monoisotopic (exact) mass is 466 g/mol. The van der Waals surface area contributed by atoms with Gasteiger partial charge in [-0.3, -0.25) is 4.79 Å². The molecule has 2 aromatic heterocycles. The average Bonchev–Trinajstić information content (AvgIpc) is 3.10. The van der Waals surface area contributed by atoms with E-state index >= 15 is 0 Å². The van der Waals surface area contributed by atoms with Gasteiger partial charge in [0.1, 0.15) is 12.1 Å². The molecule has 1 aliphatic rings. The molecule has 1 N–H and O–H groups in total. The van der Waals surface area contributed by atoms with E-state index in [2.05, 4.69) is 15.3 Å². The van der Waals surface area contributed by atoms with Gasteiger partial charge in [0.15, 0.2) is 0 Å². The molecule has 0 spiro atoms. The van der Waals surface area contributed by atoms with Crippen LogP contribution in [0.25, 0.3) is 0 Å². The summed E-state index contributed by atoms with van der Waals surface area (Å²) >= 11 is 0. The number of rotatable bonds is 7. The van der Waals surface area contributed by atoms with Crippen molar-refractivity contribution in [1.82, 2.24) is 14.9 Å². The summed E-state index contributed by atoms with van der Waals surface area (Å²) in [5.74, 6) is 0.945. The largest absolute Gasteiger partial charge is 0.477 e. The van der Waals surface area contributed by atoms with Gasteiger partial charge in [0.05, 0.1) is 25.6 Å². The summed E-state index contributed by atoms with van der Waals surface area (Å²) in [5, 5.41) is 2.99. The lowest BCUT2D eigenvalue weighted by molar-refractivity contribution is -0.139. The van der Waals surface area contributed by atoms with Gasteiger partial charge in [-0.25, -0.2) is 9.97 Å². The van der Waals surface area contributed by atoms with Crippen LogP contribution in [0.3, 0.4) is 0 Å². The summed E-state index contributed by atoms with van der Waals surface area (Å²) in [4.78, 5) is 32.4. The Bertz CT molecular complexity index is 980. The molecule has 0 bridgehead atoms. The summed E-state index contributed by atoms with van der Waals surface area (Å²) in [5.41, 5.74) is 2.86. The highest BCUT2D eigenvalue weighted by molar-refractivity contribution is 5.99. The SMILES string of the molecule is CC(C)C=O.CNc1nccc2c1CN(C(C)c1cnc(OCCC(F)(F)F)c(C)c1)C2=O. The lowest BCUT2D eigenvalue weighted by Gasteiger charge is -2.25. The number of aromatic nitrogens is 2. The Labute approximate surface area is 191 Å². The molecule has 180 valence electrons. The molecule has 0 fully saturated rings. The number of fused-ring (bicyclic) bond motifs is 1. The molecule has 1 atom stereocenters. The van der Waals surface area contributed by atoms with Crippen molar-refractivity contribution < 1.29 is 27.5 Å². The zero-order valence-electron chi connectivity index (χ0n) is 19.4. The minimum atomic E-state index is -4.27. The number of carbonyl (C=O) groups excluding carboxylic acids is 2. The van der Waals surface area contributed by atoms with E-state index in [0.717, 1.165) is 17.4 Å². The summed E-state index contributed by atoms with van der Waals surface area (Å²) in [6.07, 6.45) is -1.26. The predicted molar refractivity (Wildman–Crippen MR) is 118 cm³/mol. The zero-order valence-corrected chi connectivity index (χ0v) is 19.4. The lowest BCUT2D eigenvalue weighted by atomic mass is 10.1. The highest BCUT2D eigenvalue weighted by Crippen LogP contribution is 2.34. The molecule has 33 heavy (non-hydrogen) atoms. The van der Waals surface area contributed by atoms with Gasteiger partial charge in [0.2, 0.25) is 5.88 Å². The van der Waals surface area contributed by atoms with Gasteiger partial charge in [-0.2, -0.15) is 13.2 Å². The first-order valence-corrected chi connectivity index (χ1v) is 10.6. The molecule has 3 heterocycles. The molecule has 0 saturated heterocycles. The summed E-state index contributed by atoms with van der Waals surface area (Å²) < 4.78 is 41.9. The molecule has 2 aromatic rings.